The zero-order chi connectivity index (χ0) is 92.5. The Morgan fingerprint density at radius 2 is 1.08 bits per heavy atom. The molecule has 0 saturated carbocycles. The molecule has 39 heteroatoms. The molecule has 1 unspecified atom stereocenters. The predicted molar refractivity (Wildman–Crippen MR) is 501 cm³/mol. The smallest absolute Gasteiger partial charge is 0.305 e. The van der Waals surface area contributed by atoms with E-state index >= 15 is 24.0 Å². The molecule has 5 aromatic rings. The van der Waals surface area contributed by atoms with Crippen molar-refractivity contribution in [1.29, 1.82) is 0 Å². The summed E-state index contributed by atoms with van der Waals surface area (Å²) in [6, 6.07) is 19.5. The van der Waals surface area contributed by atoms with E-state index < -0.39 is 163 Å². The van der Waals surface area contributed by atoms with Crippen LogP contribution in [0.2, 0.25) is 0 Å². The molecule has 11 amide bonds. The number of rotatable bonds is 44. The van der Waals surface area contributed by atoms with E-state index in [1.807, 2.05) is 68.1 Å². The normalized spacial score (nSPS) is 19.3. The molecule has 0 aromatic heterocycles. The van der Waals surface area contributed by atoms with Gasteiger partial charge < -0.3 is 105 Å². The number of amides is 11. The van der Waals surface area contributed by atoms with E-state index in [4.69, 9.17) is 0 Å². The highest BCUT2D eigenvalue weighted by molar-refractivity contribution is 8.76. The van der Waals surface area contributed by atoms with Crippen LogP contribution in [0.25, 0.3) is 11.1 Å². The van der Waals surface area contributed by atoms with Crippen LogP contribution in [0.3, 0.4) is 0 Å². The number of carboxylic acid groups (broad SMARTS) is 2. The zero-order valence-electron chi connectivity index (χ0n) is 72.8. The zero-order valence-corrected chi connectivity index (χ0v) is 74.5. The predicted octanol–water partition coefficient (Wildman–Crippen LogP) is 1.08. The van der Waals surface area contributed by atoms with E-state index in [-0.39, 0.29) is 120 Å². The SMILES string of the molecule is CNCCN(CCNC)CC(=O)CN[C@@H](CC(C)C)C(=O)N1CCC[C@H]1[C@H]1CSSC[C@@H](C(=O)N[C@@H](Cc2ccc(-c3ccccc3)cc2)C(=O)N[C@@H](CC(=O)O)C(=O)NCc2cccc(CNC(=O)CN(CCNC)CCNC)c2)NC(=O)[C@H](C(C)O)NC(=O)CNC(=O)[C@H](Cc2ccc(O)cc2)NC(=O)[C@H](Cc2ccc(O)cc2)NC(=O)[C@H](CC(=O)O)NC1=O.[HH].[HH].[HH].[HH].[HH].[HH].[HH].[HH].[HH].[HH]. The number of ketones is 1. The number of phenols is 2. The Morgan fingerprint density at radius 1 is 0.543 bits per heavy atom. The van der Waals surface area contributed by atoms with Gasteiger partial charge in [0.05, 0.1) is 57.1 Å². The van der Waals surface area contributed by atoms with Crippen molar-refractivity contribution in [2.75, 3.05) is 125 Å². The van der Waals surface area contributed by atoms with Crippen LogP contribution < -0.4 is 79.8 Å². The van der Waals surface area contributed by atoms with E-state index in [0.717, 1.165) is 39.6 Å². The Balaban J connectivity index is -0.00000884. The van der Waals surface area contributed by atoms with Gasteiger partial charge in [0.2, 0.25) is 65.0 Å². The third-order valence-corrected chi connectivity index (χ3v) is 23.7. The van der Waals surface area contributed by atoms with Gasteiger partial charge in [-0.1, -0.05) is 139 Å². The van der Waals surface area contributed by atoms with E-state index in [0.29, 0.717) is 86.6 Å². The lowest BCUT2D eigenvalue weighted by molar-refractivity contribution is -0.142. The topological polar surface area (TPSA) is 530 Å². The number of nitrogens with one attached hydrogen (secondary N) is 15. The number of benzene rings is 5. The second-order valence-electron chi connectivity index (χ2n) is 31.9. The van der Waals surface area contributed by atoms with Crippen molar-refractivity contribution in [1.82, 2.24) is 94.5 Å². The fourth-order valence-corrected chi connectivity index (χ4v) is 16.9. The van der Waals surface area contributed by atoms with Crippen molar-refractivity contribution in [3.8, 4) is 22.6 Å². The highest BCUT2D eigenvalue weighted by Gasteiger charge is 2.43. The molecule has 712 valence electrons. The molecule has 2 aliphatic rings. The first-order valence-corrected chi connectivity index (χ1v) is 45.0. The molecule has 11 atom stereocenters. The molecular weight excluding hydrogens is 1680 g/mol. The van der Waals surface area contributed by atoms with Crippen LogP contribution in [0.1, 0.15) is 95.0 Å². The number of carbonyl (C=O) groups is 14. The molecule has 0 bridgehead atoms. The number of hydrogen-bond donors (Lipinski definition) is 20. The molecule has 127 heavy (non-hydrogen) atoms. The van der Waals surface area contributed by atoms with E-state index in [9.17, 15) is 68.7 Å². The minimum Gasteiger partial charge on any atom is -0.508 e. The average Bonchev–Trinajstić information content (AvgIpc) is 1.68. The maximum Gasteiger partial charge on any atom is 0.305 e. The number of hydrogen-bond acceptors (Lipinski definition) is 26. The number of likely N-dealkylation sites (tertiary alicyclic amines) is 1. The summed E-state index contributed by atoms with van der Waals surface area (Å²) in [7, 11) is 9.04. The van der Waals surface area contributed by atoms with Crippen LogP contribution >= 0.6 is 21.6 Å². The summed E-state index contributed by atoms with van der Waals surface area (Å²) in [6.07, 6.45) is -4.14. The number of likely N-dealkylation sites (N-methyl/N-ethyl adjacent to an activating group) is 4. The quantitative estimate of drug-likeness (QED) is 0.0243. The first kappa shape index (κ1) is 103. The van der Waals surface area contributed by atoms with Crippen LogP contribution in [0.5, 0.6) is 11.5 Å². The Hall–Kier alpha value is -11.1. The molecule has 5 aromatic carbocycles. The van der Waals surface area contributed by atoms with Gasteiger partial charge in [0.25, 0.3) is 0 Å². The van der Waals surface area contributed by atoms with Gasteiger partial charge in [-0.2, -0.15) is 0 Å². The first-order chi connectivity index (χ1) is 60.8. The van der Waals surface area contributed by atoms with E-state index in [1.165, 1.54) is 53.4 Å². The molecule has 20 N–H and O–H groups in total. The molecule has 2 saturated heterocycles. The largest absolute Gasteiger partial charge is 0.508 e. The molecule has 2 heterocycles. The molecule has 2 aliphatic heterocycles. The minimum absolute atomic E-state index is 0. The number of aliphatic hydroxyl groups is 1. The van der Waals surface area contributed by atoms with Gasteiger partial charge in [-0.3, -0.25) is 82.2 Å². The number of carboxylic acids is 2. The van der Waals surface area contributed by atoms with Crippen LogP contribution in [-0.2, 0) is 99.5 Å². The van der Waals surface area contributed by atoms with Crippen molar-refractivity contribution in [2.24, 2.45) is 11.8 Å². The monoisotopic (exact) mass is 1820 g/mol. The van der Waals surface area contributed by atoms with Gasteiger partial charge in [0.1, 0.15) is 53.8 Å². The van der Waals surface area contributed by atoms with Gasteiger partial charge in [-0.25, -0.2) is 0 Å². The highest BCUT2D eigenvalue weighted by atomic mass is 33.1. The Labute approximate surface area is 762 Å². The van der Waals surface area contributed by atoms with Gasteiger partial charge in [-0.15, -0.1) is 0 Å². The number of aromatic hydroxyl groups is 2. The van der Waals surface area contributed by atoms with Crippen molar-refractivity contribution in [3.05, 3.63) is 155 Å². The molecule has 37 nitrogen and oxygen atoms in total. The number of phenolic OH excluding ortho intramolecular Hbond substituents is 2. The Kier molecular flexibility index (Phi) is 43.9. The maximum absolute atomic E-state index is 15.6. The Morgan fingerprint density at radius 3 is 1.64 bits per heavy atom. The van der Waals surface area contributed by atoms with Crippen molar-refractivity contribution < 1.29 is 107 Å². The van der Waals surface area contributed by atoms with Crippen LogP contribution in [0, 0.1) is 11.8 Å². The molecular formula is C88H144N18O19S2. The fourth-order valence-electron chi connectivity index (χ4n) is 14.4. The third kappa shape index (κ3) is 35.9. The maximum atomic E-state index is 15.6. The first-order valence-electron chi connectivity index (χ1n) is 42.5. The Bertz CT molecular complexity index is 4480. The lowest BCUT2D eigenvalue weighted by Gasteiger charge is -2.34. The summed E-state index contributed by atoms with van der Waals surface area (Å²) >= 11 is 0. The van der Waals surface area contributed by atoms with Gasteiger partial charge in [0.15, 0.2) is 5.78 Å². The number of aliphatic hydroxyl groups excluding tert-OH is 1. The summed E-state index contributed by atoms with van der Waals surface area (Å²) in [5, 5.41) is 94.3. The molecule has 0 spiro atoms. The number of nitrogens with zero attached hydrogens (tertiary/aromatic N) is 3. The highest BCUT2D eigenvalue weighted by Crippen LogP contribution is 2.34. The lowest BCUT2D eigenvalue weighted by atomic mass is 9.96. The van der Waals surface area contributed by atoms with Gasteiger partial charge >= 0.3 is 11.9 Å². The summed E-state index contributed by atoms with van der Waals surface area (Å²) in [5.41, 5.74) is 3.95. The van der Waals surface area contributed by atoms with Gasteiger partial charge in [-0.05, 0) is 124 Å². The molecule has 2 fully saturated rings. The summed E-state index contributed by atoms with van der Waals surface area (Å²) in [4.78, 5) is 208. The van der Waals surface area contributed by atoms with Gasteiger partial charge in [0, 0.05) is 123 Å². The number of aliphatic carboxylic acids is 2. The van der Waals surface area contributed by atoms with Crippen LogP contribution in [0.15, 0.2) is 127 Å². The summed E-state index contributed by atoms with van der Waals surface area (Å²) in [6.45, 7) is 8.94. The minimum atomic E-state index is -1.98. The van der Waals surface area contributed by atoms with Crippen LogP contribution in [0.4, 0.5) is 0 Å². The summed E-state index contributed by atoms with van der Waals surface area (Å²) in [5.74, 6) is -16.2. The van der Waals surface area contributed by atoms with Crippen molar-refractivity contribution in [2.45, 2.75) is 146 Å². The second-order valence-corrected chi connectivity index (χ2v) is 34.4. The van der Waals surface area contributed by atoms with Crippen molar-refractivity contribution in [3.63, 3.8) is 0 Å². The number of Topliss-reactive ketones (excluding diaryl/α,β-unsaturated/α-hetero) is 1. The molecule has 0 aliphatic carbocycles. The summed E-state index contributed by atoms with van der Waals surface area (Å²) < 4.78 is 0. The second kappa shape index (κ2) is 54.1. The standard InChI is InChI=1S/C88H124N18O19S2.10H2/c1-54(2)39-72(93-48-65(110)50-104(35-30-89-4)36-31-90-5)88(125)106-34-12-17-74(106)66-52-126-127-53-73(102-87(124)79(55(3)107)103-75(111)49-96-81(118)67(41-57-20-26-63(108)27-21-57)98-83(120)68(43-58-22-28-64(109)29-23-58)99-85(122)71(45-78(115)116)97-80(66)117)86(123)100-69(42-56-18-24-62(25-19-56)61-15-9-8-10-16-61)84(121)101-70(44-77(113)114)82(119)95-47-60-14-11-13-59(40-60)46-94-76(112)51-105(37-32-91-6)38-33-92-7;;;;;;;;;;/h8-11,13-16,18-29,40,54-55,66-74,79,89-93,107-109H,12,17,30-39,41-53H2,1-7H3,(H,94,112)(H,95,119)(H,96,118)(H,97,117)(H,98,120)(H,99,122)(H,100,123)(H,101,121)(H,102,124)(H,103,111)(H,113,114)(H,115,116);10*1H/t55?,66-,67+,68+,69+,70+,71+,72+,73+,74+,79+;;;;;;;;;;/m1........../s1. The average molecular weight is 1820 g/mol. The molecule has 7 rings (SSSR count). The van der Waals surface area contributed by atoms with Crippen molar-refractivity contribution >= 4 is 104 Å². The number of carbonyl (C=O) groups excluding carboxylic acids is 12. The van der Waals surface area contributed by atoms with E-state index in [2.05, 4.69) is 79.8 Å². The lowest BCUT2D eigenvalue weighted by Crippen LogP contribution is -2.61. The fraction of sp³-hybridized carbons (Fsp3) is 0.500. The third-order valence-electron chi connectivity index (χ3n) is 21.2. The molecule has 0 radical (unpaired) electrons. The van der Waals surface area contributed by atoms with E-state index in [1.54, 1.807) is 62.6 Å². The van der Waals surface area contributed by atoms with Crippen LogP contribution in [-0.4, -0.2) is 308 Å².